The number of piperazine rings is 1. The number of esters is 1. The van der Waals surface area contributed by atoms with Crippen LogP contribution in [0.2, 0.25) is 0 Å². The van der Waals surface area contributed by atoms with Crippen molar-refractivity contribution in [2.75, 3.05) is 37.7 Å². The molecule has 2 heterocycles. The van der Waals surface area contributed by atoms with Crippen LogP contribution in [-0.2, 0) is 14.8 Å². The predicted octanol–water partition coefficient (Wildman–Crippen LogP) is 2.25. The number of benzene rings is 2. The van der Waals surface area contributed by atoms with Gasteiger partial charge >= 0.3 is 5.97 Å². The Morgan fingerprint density at radius 2 is 1.86 bits per heavy atom. The quantitative estimate of drug-likeness (QED) is 0.644. The monoisotopic (exact) mass is 414 g/mol. The zero-order chi connectivity index (χ0) is 20.4. The fourth-order valence-corrected chi connectivity index (χ4v) is 4.84. The van der Waals surface area contributed by atoms with Crippen molar-refractivity contribution in [2.45, 2.75) is 11.8 Å². The molecule has 0 radical (unpaired) electrons. The maximum absolute atomic E-state index is 13.0. The first kappa shape index (κ1) is 19.4. The highest BCUT2D eigenvalue weighted by molar-refractivity contribution is 7.89. The molecular weight excluding hydrogens is 392 g/mol. The zero-order valence-electron chi connectivity index (χ0n) is 16.0. The van der Waals surface area contributed by atoms with Crippen LogP contribution in [-0.4, -0.2) is 61.4 Å². The summed E-state index contributed by atoms with van der Waals surface area (Å²) in [5, 5.41) is 0. The second kappa shape index (κ2) is 7.84. The number of aromatic nitrogens is 2. The molecule has 3 aromatic rings. The molecule has 1 aromatic heterocycles. The van der Waals surface area contributed by atoms with Crippen molar-refractivity contribution in [2.24, 2.45) is 0 Å². The van der Waals surface area contributed by atoms with Crippen LogP contribution in [0.4, 0.5) is 5.95 Å². The summed E-state index contributed by atoms with van der Waals surface area (Å²) < 4.78 is 32.5. The van der Waals surface area contributed by atoms with Gasteiger partial charge in [-0.2, -0.15) is 4.31 Å². The lowest BCUT2D eigenvalue weighted by Gasteiger charge is -2.33. The molecule has 0 amide bonds. The number of sulfonamides is 1. The highest BCUT2D eigenvalue weighted by atomic mass is 32.2. The number of hydrogen-bond acceptors (Lipinski definition) is 6. The Kier molecular flexibility index (Phi) is 5.25. The molecular formula is C20H22N4O4S. The highest BCUT2D eigenvalue weighted by Gasteiger charge is 2.30. The summed E-state index contributed by atoms with van der Waals surface area (Å²) in [6, 6.07) is 13.8. The Bertz CT molecular complexity index is 1100. The molecule has 2 aromatic carbocycles. The molecule has 1 aliphatic rings. The summed E-state index contributed by atoms with van der Waals surface area (Å²) in [4.78, 5) is 21.9. The third kappa shape index (κ3) is 3.83. The molecule has 0 unspecified atom stereocenters. The molecule has 1 fully saturated rings. The van der Waals surface area contributed by atoms with E-state index >= 15 is 0 Å². The fourth-order valence-electron chi connectivity index (χ4n) is 3.38. The number of nitrogens with zero attached hydrogens (tertiary/aromatic N) is 3. The Balaban J connectivity index is 1.48. The van der Waals surface area contributed by atoms with Crippen LogP contribution >= 0.6 is 0 Å². The minimum absolute atomic E-state index is 0.0974. The van der Waals surface area contributed by atoms with Crippen LogP contribution < -0.4 is 4.90 Å². The number of aromatic amines is 1. The number of carbonyl (C=O) groups excluding carboxylic acids is 1. The largest absolute Gasteiger partial charge is 0.462 e. The van der Waals surface area contributed by atoms with Gasteiger partial charge in [0.1, 0.15) is 0 Å². The standard InChI is InChI=1S/C20H22N4O4S/c1-2-28-19(25)15-6-5-7-16(14-15)29(26,27)24-12-10-23(11-13-24)20-21-17-8-3-4-9-18(17)22-20/h3-9,14H,2,10-13H2,1H3,(H,21,22). The molecule has 0 atom stereocenters. The Hall–Kier alpha value is -2.91. The Morgan fingerprint density at radius 3 is 2.59 bits per heavy atom. The van der Waals surface area contributed by atoms with Crippen molar-refractivity contribution in [3.8, 4) is 0 Å². The average molecular weight is 414 g/mol. The molecule has 152 valence electrons. The Labute approximate surface area is 169 Å². The van der Waals surface area contributed by atoms with Gasteiger partial charge in [-0.1, -0.05) is 18.2 Å². The van der Waals surface area contributed by atoms with E-state index in [4.69, 9.17) is 4.74 Å². The van der Waals surface area contributed by atoms with Gasteiger partial charge in [-0.3, -0.25) is 0 Å². The van der Waals surface area contributed by atoms with Crippen molar-refractivity contribution >= 4 is 33.0 Å². The minimum atomic E-state index is -3.69. The molecule has 1 saturated heterocycles. The summed E-state index contributed by atoms with van der Waals surface area (Å²) in [6.07, 6.45) is 0. The number of H-pyrrole nitrogens is 1. The summed E-state index contributed by atoms with van der Waals surface area (Å²) in [6.45, 7) is 3.67. The van der Waals surface area contributed by atoms with Crippen LogP contribution in [0.25, 0.3) is 11.0 Å². The van der Waals surface area contributed by atoms with Gasteiger partial charge in [-0.15, -0.1) is 0 Å². The molecule has 0 spiro atoms. The van der Waals surface area contributed by atoms with E-state index in [1.807, 2.05) is 29.2 Å². The second-order valence-electron chi connectivity index (χ2n) is 6.72. The van der Waals surface area contributed by atoms with Gasteiger partial charge in [0.2, 0.25) is 16.0 Å². The number of carbonyl (C=O) groups is 1. The number of ether oxygens (including phenoxy) is 1. The van der Waals surface area contributed by atoms with E-state index in [2.05, 4.69) is 9.97 Å². The van der Waals surface area contributed by atoms with Gasteiger partial charge in [-0.25, -0.2) is 18.2 Å². The highest BCUT2D eigenvalue weighted by Crippen LogP contribution is 2.22. The van der Waals surface area contributed by atoms with Gasteiger partial charge < -0.3 is 14.6 Å². The number of fused-ring (bicyclic) bond motifs is 1. The van der Waals surface area contributed by atoms with Crippen LogP contribution in [0.15, 0.2) is 53.4 Å². The van der Waals surface area contributed by atoms with Gasteiger partial charge in [0, 0.05) is 26.2 Å². The SMILES string of the molecule is CCOC(=O)c1cccc(S(=O)(=O)N2CCN(c3nc4ccccc4[nH]3)CC2)c1. The maximum Gasteiger partial charge on any atom is 0.338 e. The lowest BCUT2D eigenvalue weighted by molar-refractivity contribution is 0.0526. The van der Waals surface area contributed by atoms with Crippen LogP contribution in [0, 0.1) is 0 Å². The summed E-state index contributed by atoms with van der Waals surface area (Å²) in [5.74, 6) is 0.215. The molecule has 0 bridgehead atoms. The smallest absolute Gasteiger partial charge is 0.338 e. The van der Waals surface area contributed by atoms with Crippen LogP contribution in [0.3, 0.4) is 0 Å². The first-order valence-electron chi connectivity index (χ1n) is 9.46. The third-order valence-corrected chi connectivity index (χ3v) is 6.79. The third-order valence-electron chi connectivity index (χ3n) is 4.90. The van der Waals surface area contributed by atoms with Crippen molar-refractivity contribution in [1.82, 2.24) is 14.3 Å². The molecule has 0 saturated carbocycles. The number of nitrogens with one attached hydrogen (secondary N) is 1. The van der Waals surface area contributed by atoms with E-state index in [0.717, 1.165) is 17.0 Å². The molecule has 8 nitrogen and oxygen atoms in total. The lowest BCUT2D eigenvalue weighted by Crippen LogP contribution is -2.49. The first-order chi connectivity index (χ1) is 14.0. The molecule has 1 N–H and O–H groups in total. The minimum Gasteiger partial charge on any atom is -0.462 e. The van der Waals surface area contributed by atoms with Crippen LogP contribution in [0.1, 0.15) is 17.3 Å². The molecule has 9 heteroatoms. The summed E-state index contributed by atoms with van der Waals surface area (Å²) in [5.41, 5.74) is 2.07. The van der Waals surface area contributed by atoms with E-state index in [-0.39, 0.29) is 17.1 Å². The lowest BCUT2D eigenvalue weighted by atomic mass is 10.2. The maximum atomic E-state index is 13.0. The molecule has 1 aliphatic heterocycles. The first-order valence-corrected chi connectivity index (χ1v) is 10.9. The van der Waals surface area contributed by atoms with Gasteiger partial charge in [-0.05, 0) is 37.3 Å². The molecule has 4 rings (SSSR count). The zero-order valence-corrected chi connectivity index (χ0v) is 16.9. The molecule has 29 heavy (non-hydrogen) atoms. The Morgan fingerprint density at radius 1 is 1.10 bits per heavy atom. The predicted molar refractivity (Wildman–Crippen MR) is 109 cm³/mol. The molecule has 0 aliphatic carbocycles. The van der Waals surface area contributed by atoms with E-state index in [0.29, 0.717) is 26.2 Å². The summed E-state index contributed by atoms with van der Waals surface area (Å²) in [7, 11) is -3.69. The van der Waals surface area contributed by atoms with Crippen molar-refractivity contribution < 1.29 is 17.9 Å². The second-order valence-corrected chi connectivity index (χ2v) is 8.65. The number of hydrogen-bond donors (Lipinski definition) is 1. The summed E-state index contributed by atoms with van der Waals surface area (Å²) >= 11 is 0. The number of anilines is 1. The van der Waals surface area contributed by atoms with Crippen molar-refractivity contribution in [3.05, 3.63) is 54.1 Å². The fraction of sp³-hybridized carbons (Fsp3) is 0.300. The van der Waals surface area contributed by atoms with Gasteiger partial charge in [0.05, 0.1) is 28.1 Å². The number of para-hydroxylation sites is 2. The van der Waals surface area contributed by atoms with E-state index in [9.17, 15) is 13.2 Å². The van der Waals surface area contributed by atoms with Gasteiger partial charge in [0.25, 0.3) is 0 Å². The normalized spacial score (nSPS) is 15.6. The van der Waals surface area contributed by atoms with Gasteiger partial charge in [0.15, 0.2) is 0 Å². The number of imidazole rings is 1. The van der Waals surface area contributed by atoms with E-state index in [1.54, 1.807) is 19.1 Å². The average Bonchev–Trinajstić information content (AvgIpc) is 3.18. The number of rotatable bonds is 5. The van der Waals surface area contributed by atoms with Crippen molar-refractivity contribution in [3.63, 3.8) is 0 Å². The van der Waals surface area contributed by atoms with E-state index < -0.39 is 16.0 Å². The van der Waals surface area contributed by atoms with Crippen LogP contribution in [0.5, 0.6) is 0 Å². The topological polar surface area (TPSA) is 95.6 Å². The van der Waals surface area contributed by atoms with E-state index in [1.165, 1.54) is 16.4 Å². The van der Waals surface area contributed by atoms with Crippen molar-refractivity contribution in [1.29, 1.82) is 0 Å².